The number of azo groups is 2. The van der Waals surface area contributed by atoms with E-state index in [0.29, 0.717) is 22.5 Å². The number of non-ortho nitro benzene ring substituents is 2. The van der Waals surface area contributed by atoms with Gasteiger partial charge >= 0.3 is 29.6 Å². The quantitative estimate of drug-likeness (QED) is 0.0499. The van der Waals surface area contributed by atoms with Gasteiger partial charge in [-0.1, -0.05) is 53.3 Å². The molecule has 0 fully saturated rings. The van der Waals surface area contributed by atoms with E-state index in [2.05, 4.69) is 30.9 Å². The van der Waals surface area contributed by atoms with Crippen LogP contribution in [-0.4, -0.2) is 35.7 Å². The molecule has 0 unspecified atom stereocenters. The van der Waals surface area contributed by atoms with E-state index in [1.165, 1.54) is 17.7 Å². The maximum atomic E-state index is 12.5. The Balaban J connectivity index is 0.000000281. The van der Waals surface area contributed by atoms with Crippen molar-refractivity contribution in [2.24, 2.45) is 15.3 Å². The molecule has 5 aromatic carbocycles. The fraction of sp³-hybridized carbons (Fsp3) is 0.0588. The number of carbonyl (C=O) groups excluding carboxylic acids is 1. The Morgan fingerprint density at radius 3 is 2.13 bits per heavy atom. The molecular weight excluding hydrogens is 753 g/mol. The van der Waals surface area contributed by atoms with Gasteiger partial charge in [0.1, 0.15) is 5.75 Å². The average Bonchev–Trinajstić information content (AvgIpc) is 3.40. The van der Waals surface area contributed by atoms with Gasteiger partial charge in [0, 0.05) is 47.6 Å². The van der Waals surface area contributed by atoms with E-state index in [1.54, 1.807) is 55.5 Å². The average molecular weight is 781 g/mol. The number of phenolic OH excluding ortho intramolecular Hbond substituents is 2. The largest absolute Gasteiger partial charge is 1.00 e. The summed E-state index contributed by atoms with van der Waals surface area (Å²) in [6.45, 7) is 3.00. The molecule has 0 saturated heterocycles. The summed E-state index contributed by atoms with van der Waals surface area (Å²) in [5.74, 6) is -1.22. The summed E-state index contributed by atoms with van der Waals surface area (Å²) >= 11 is 0. The van der Waals surface area contributed by atoms with Crippen LogP contribution in [0, 0.1) is 27.2 Å². The van der Waals surface area contributed by atoms with Gasteiger partial charge in [0.25, 0.3) is 22.6 Å². The van der Waals surface area contributed by atoms with E-state index in [0.717, 1.165) is 41.8 Å². The van der Waals surface area contributed by atoms with E-state index in [9.17, 15) is 45.1 Å². The minimum Gasteiger partial charge on any atom is -0.871 e. The number of nitro groups is 2. The molecule has 18 nitrogen and oxygen atoms in total. The van der Waals surface area contributed by atoms with Crippen LogP contribution in [0.2, 0.25) is 0 Å². The minimum atomic E-state index is -0.637. The normalized spacial score (nSPS) is 10.6. The fourth-order valence-electron chi connectivity index (χ4n) is 4.82. The van der Waals surface area contributed by atoms with Crippen LogP contribution in [0.1, 0.15) is 12.6 Å². The number of aromatic nitrogens is 2. The molecule has 0 saturated carbocycles. The van der Waals surface area contributed by atoms with Crippen LogP contribution in [0.4, 0.5) is 39.8 Å². The summed E-state index contributed by atoms with van der Waals surface area (Å²) in [4.78, 5) is 44.4. The minimum absolute atomic E-state index is 0. The summed E-state index contributed by atoms with van der Waals surface area (Å²) in [7, 11) is 0. The van der Waals surface area contributed by atoms with Crippen LogP contribution < -0.4 is 50.7 Å². The molecule has 54 heavy (non-hydrogen) atoms. The van der Waals surface area contributed by atoms with Gasteiger partial charge in [-0.25, -0.2) is 4.68 Å². The van der Waals surface area contributed by atoms with Crippen molar-refractivity contribution in [3.8, 4) is 22.9 Å². The predicted molar refractivity (Wildman–Crippen MR) is 185 cm³/mol. The van der Waals surface area contributed by atoms with Crippen LogP contribution in [0.25, 0.3) is 16.5 Å². The Morgan fingerprint density at radius 2 is 1.48 bits per heavy atom. The molecule has 0 radical (unpaired) electrons. The Morgan fingerprint density at radius 1 is 0.852 bits per heavy atom. The standard InChI is InChI=1S/C18H14N4O5.C16H13N5O4.Cr.Na/c1-10(23)19-13-4-2-3-11-5-7-16(25)18(17(11)13)21-20-14-9-12(22(26)27)6-8-15(14)24;1-10-15(16(23)20(19-10)11-5-3-2-4-6-11)18-17-13-9-12(21(24)25)7-8-14(13)22;;/h2-9,24-25H,1H3,(H,19,23);2-9,19,22H,1H3;;/q;;;+1. The molecule has 6 aromatic rings. The molecule has 1 aromatic heterocycles. The van der Waals surface area contributed by atoms with Crippen molar-refractivity contribution in [2.45, 2.75) is 13.8 Å². The zero-order chi connectivity index (χ0) is 37.5. The van der Waals surface area contributed by atoms with Gasteiger partial charge in [-0.05, 0) is 42.6 Å². The topological polar surface area (TPSA) is 268 Å². The van der Waals surface area contributed by atoms with Crippen molar-refractivity contribution in [1.29, 1.82) is 0 Å². The van der Waals surface area contributed by atoms with Crippen LogP contribution in [-0.2, 0) is 22.2 Å². The number of para-hydroxylation sites is 1. The predicted octanol–water partition coefficient (Wildman–Crippen LogP) is 2.49. The molecule has 0 aliphatic carbocycles. The number of aromatic hydroxyl groups is 2. The second kappa shape index (κ2) is 18.5. The number of fused-ring (bicyclic) bond motifs is 1. The van der Waals surface area contributed by atoms with Crippen molar-refractivity contribution >= 4 is 56.5 Å². The van der Waals surface area contributed by atoms with Crippen molar-refractivity contribution in [2.75, 3.05) is 5.32 Å². The first-order valence-corrected chi connectivity index (χ1v) is 15.0. The van der Waals surface area contributed by atoms with Crippen LogP contribution >= 0.6 is 0 Å². The molecule has 6 rings (SSSR count). The summed E-state index contributed by atoms with van der Waals surface area (Å²) in [6, 6.07) is 23.8. The molecule has 0 atom stereocenters. The molecule has 5 N–H and O–H groups in total. The number of nitrogens with zero attached hydrogens (tertiary/aromatic N) is 6. The maximum Gasteiger partial charge on any atom is 1.00 e. The second-order valence-corrected chi connectivity index (χ2v) is 10.9. The van der Waals surface area contributed by atoms with Gasteiger partial charge in [0.05, 0.1) is 44.1 Å². The molecule has 268 valence electrons. The third-order valence-electron chi connectivity index (χ3n) is 7.26. The Kier molecular flexibility index (Phi) is 14.5. The smallest absolute Gasteiger partial charge is 0.871 e. The zero-order valence-electron chi connectivity index (χ0n) is 28.6. The van der Waals surface area contributed by atoms with Gasteiger partial charge in [-0.3, -0.25) is 34.9 Å². The molecule has 1 heterocycles. The maximum absolute atomic E-state index is 12.5. The third-order valence-corrected chi connectivity index (χ3v) is 7.26. The zero-order valence-corrected chi connectivity index (χ0v) is 31.9. The Hall–Kier alpha value is -6.23. The molecule has 20 heteroatoms. The number of hydrogen-bond acceptors (Lipinski definition) is 12. The number of hydrogen-bond donors (Lipinski definition) is 5. The van der Waals surface area contributed by atoms with Crippen LogP contribution in [0.3, 0.4) is 0 Å². The van der Waals surface area contributed by atoms with Gasteiger partial charge in [0.15, 0.2) is 17.1 Å². The molecule has 1 amide bonds. The first-order chi connectivity index (χ1) is 24.8. The van der Waals surface area contributed by atoms with Gasteiger partial charge < -0.3 is 20.6 Å². The number of phenols is 2. The SMILES string of the molecule is CC(=O)Nc1cccc2ccc(O)c([NH+]=Nc3cc([N+](=O)[O-])ccc3O)c12.Cc1[nH]n(-c2ccccc2)c(=O)c1N=Nc1cc([N+](=O)[O-])ccc1[O-].[Cr].[Na+]. The van der Waals surface area contributed by atoms with E-state index in [4.69, 9.17) is 0 Å². The number of aromatic amines is 1. The number of rotatable bonds is 8. The number of anilines is 1. The van der Waals surface area contributed by atoms with Crippen molar-refractivity contribution in [3.05, 3.63) is 133 Å². The van der Waals surface area contributed by atoms with E-state index in [-0.39, 0.29) is 98.4 Å². The van der Waals surface area contributed by atoms with Crippen LogP contribution in [0.5, 0.6) is 17.2 Å². The fourth-order valence-corrected chi connectivity index (χ4v) is 4.82. The van der Waals surface area contributed by atoms with Crippen molar-refractivity contribution < 1.29 is 82.0 Å². The summed E-state index contributed by atoms with van der Waals surface area (Å²) in [5.41, 5.74) is 0.501. The number of nitrogens with one attached hydrogen (secondary N) is 3. The Bertz CT molecular complexity index is 2470. The monoisotopic (exact) mass is 780 g/mol. The summed E-state index contributed by atoms with van der Waals surface area (Å²) in [6.07, 6.45) is 0. The van der Waals surface area contributed by atoms with E-state index < -0.39 is 21.2 Å². The van der Waals surface area contributed by atoms with Gasteiger partial charge in [0.2, 0.25) is 5.91 Å². The third kappa shape index (κ3) is 9.80. The van der Waals surface area contributed by atoms with E-state index in [1.807, 2.05) is 6.07 Å². The number of H-pyrrole nitrogens is 1. The van der Waals surface area contributed by atoms with E-state index >= 15 is 0 Å². The molecule has 0 spiro atoms. The molecule has 0 bridgehead atoms. The molecular formula is C34H27CrN9NaO9+. The number of amides is 1. The second-order valence-electron chi connectivity index (χ2n) is 10.9. The van der Waals surface area contributed by atoms with Crippen molar-refractivity contribution in [3.63, 3.8) is 0 Å². The number of benzene rings is 5. The van der Waals surface area contributed by atoms with Gasteiger partial charge in [-0.2, -0.15) is 5.11 Å². The number of nitro benzene ring substituents is 2. The Labute approximate surface area is 337 Å². The molecule has 0 aliphatic heterocycles. The molecule has 0 aliphatic rings. The van der Waals surface area contributed by atoms with Crippen LogP contribution in [0.15, 0.2) is 117 Å². The summed E-state index contributed by atoms with van der Waals surface area (Å²) < 4.78 is 1.30. The number of carbonyl (C=O) groups is 1. The number of aryl methyl sites for hydroxylation is 1. The first-order valence-electron chi connectivity index (χ1n) is 15.0. The van der Waals surface area contributed by atoms with Gasteiger partial charge in [-0.15, -0.1) is 5.11 Å². The summed E-state index contributed by atoms with van der Waals surface area (Å²) in [5, 5.41) is 74.5. The van der Waals surface area contributed by atoms with Crippen molar-refractivity contribution in [1.82, 2.24) is 9.78 Å². The first kappa shape index (κ1) is 42.2.